The quantitative estimate of drug-likeness (QED) is 0.677. The molecule has 7 nitrogen and oxygen atoms in total. The smallest absolute Gasteiger partial charge is 0.387 e. The SMILES string of the molecule is CCOC(=O)C1=C(CN2CCCCC2)NC(=O)NC1c1ccccc1OC(F)F. The van der Waals surface area contributed by atoms with Gasteiger partial charge in [-0.1, -0.05) is 24.6 Å². The third-order valence-corrected chi connectivity index (χ3v) is 4.93. The molecular weight excluding hydrogens is 384 g/mol. The minimum atomic E-state index is -3.03. The summed E-state index contributed by atoms with van der Waals surface area (Å²) in [7, 11) is 0. The Morgan fingerprint density at radius 2 is 1.97 bits per heavy atom. The molecule has 2 heterocycles. The zero-order valence-electron chi connectivity index (χ0n) is 16.2. The largest absolute Gasteiger partial charge is 0.463 e. The van der Waals surface area contributed by atoms with E-state index in [1.54, 1.807) is 25.1 Å². The first kappa shape index (κ1) is 21.0. The predicted molar refractivity (Wildman–Crippen MR) is 101 cm³/mol. The molecule has 0 bridgehead atoms. The van der Waals surface area contributed by atoms with Crippen LogP contribution < -0.4 is 15.4 Å². The van der Waals surface area contributed by atoms with Gasteiger partial charge in [-0.25, -0.2) is 9.59 Å². The van der Waals surface area contributed by atoms with Gasteiger partial charge >= 0.3 is 18.6 Å². The van der Waals surface area contributed by atoms with Gasteiger partial charge in [-0.05, 0) is 38.9 Å². The number of hydrogen-bond acceptors (Lipinski definition) is 5. The van der Waals surface area contributed by atoms with E-state index in [2.05, 4.69) is 20.3 Å². The van der Waals surface area contributed by atoms with E-state index in [9.17, 15) is 18.4 Å². The van der Waals surface area contributed by atoms with Crippen LogP contribution in [0.2, 0.25) is 0 Å². The van der Waals surface area contributed by atoms with Crippen molar-refractivity contribution in [2.24, 2.45) is 0 Å². The maximum Gasteiger partial charge on any atom is 0.387 e. The molecule has 2 aliphatic heterocycles. The monoisotopic (exact) mass is 409 g/mol. The minimum absolute atomic E-state index is 0.103. The molecule has 0 saturated carbocycles. The molecule has 1 atom stereocenters. The number of rotatable bonds is 7. The summed E-state index contributed by atoms with van der Waals surface area (Å²) in [5, 5.41) is 5.36. The van der Waals surface area contributed by atoms with Crippen molar-refractivity contribution in [3.05, 3.63) is 41.1 Å². The highest BCUT2D eigenvalue weighted by Crippen LogP contribution is 2.34. The third kappa shape index (κ3) is 5.23. The number of hydrogen-bond donors (Lipinski definition) is 2. The number of nitrogens with zero attached hydrogens (tertiary/aromatic N) is 1. The van der Waals surface area contributed by atoms with Crippen LogP contribution in [-0.2, 0) is 9.53 Å². The summed E-state index contributed by atoms with van der Waals surface area (Å²) < 4.78 is 35.6. The van der Waals surface area contributed by atoms with Crippen LogP contribution >= 0.6 is 0 Å². The van der Waals surface area contributed by atoms with Crippen LogP contribution in [0.5, 0.6) is 5.75 Å². The number of urea groups is 1. The molecule has 3 rings (SSSR count). The van der Waals surface area contributed by atoms with Crippen molar-refractivity contribution < 1.29 is 27.8 Å². The van der Waals surface area contributed by atoms with Crippen LogP contribution in [0.15, 0.2) is 35.5 Å². The van der Waals surface area contributed by atoms with Crippen molar-refractivity contribution in [1.82, 2.24) is 15.5 Å². The molecule has 2 aliphatic rings. The summed E-state index contributed by atoms with van der Waals surface area (Å²) in [6.07, 6.45) is 3.24. The number of piperidine rings is 1. The van der Waals surface area contributed by atoms with E-state index in [4.69, 9.17) is 4.74 Å². The van der Waals surface area contributed by atoms with E-state index in [0.717, 1.165) is 32.4 Å². The van der Waals surface area contributed by atoms with Crippen molar-refractivity contribution in [3.8, 4) is 5.75 Å². The Kier molecular flexibility index (Phi) is 7.03. The van der Waals surface area contributed by atoms with Gasteiger partial charge in [-0.2, -0.15) is 8.78 Å². The Labute approximate surface area is 168 Å². The first-order valence-corrected chi connectivity index (χ1v) is 9.73. The fourth-order valence-corrected chi connectivity index (χ4v) is 3.69. The number of alkyl halides is 2. The topological polar surface area (TPSA) is 79.9 Å². The Hall–Kier alpha value is -2.68. The number of amides is 2. The second kappa shape index (κ2) is 9.69. The van der Waals surface area contributed by atoms with Crippen molar-refractivity contribution in [1.29, 1.82) is 0 Å². The first-order chi connectivity index (χ1) is 14.0. The predicted octanol–water partition coefficient (Wildman–Crippen LogP) is 2.95. The average Bonchev–Trinajstić information content (AvgIpc) is 2.68. The lowest BCUT2D eigenvalue weighted by Crippen LogP contribution is -2.49. The zero-order valence-corrected chi connectivity index (χ0v) is 16.2. The van der Waals surface area contributed by atoms with E-state index in [1.807, 2.05) is 0 Å². The van der Waals surface area contributed by atoms with Gasteiger partial charge in [0.1, 0.15) is 5.75 Å². The summed E-state index contributed by atoms with van der Waals surface area (Å²) in [4.78, 5) is 27.3. The maximum absolute atomic E-state index is 12.9. The van der Waals surface area contributed by atoms with E-state index >= 15 is 0 Å². The fraction of sp³-hybridized carbons (Fsp3) is 0.500. The molecule has 1 aromatic rings. The molecule has 2 amide bonds. The summed E-state index contributed by atoms with van der Waals surface area (Å²) in [5.74, 6) is -0.710. The van der Waals surface area contributed by atoms with Crippen molar-refractivity contribution in [2.75, 3.05) is 26.2 Å². The number of carbonyl (C=O) groups excluding carboxylic acids is 2. The van der Waals surface area contributed by atoms with Gasteiger partial charge in [0.05, 0.1) is 18.2 Å². The van der Waals surface area contributed by atoms with Gasteiger partial charge in [0.25, 0.3) is 0 Å². The summed E-state index contributed by atoms with van der Waals surface area (Å²) in [6.45, 7) is 0.888. The van der Waals surface area contributed by atoms with E-state index in [1.165, 1.54) is 6.07 Å². The number of benzene rings is 1. The van der Waals surface area contributed by atoms with Gasteiger partial charge in [-0.3, -0.25) is 4.90 Å². The van der Waals surface area contributed by atoms with Gasteiger partial charge in [-0.15, -0.1) is 0 Å². The third-order valence-electron chi connectivity index (χ3n) is 4.93. The molecule has 9 heteroatoms. The Morgan fingerprint density at radius 1 is 1.24 bits per heavy atom. The van der Waals surface area contributed by atoms with Crippen molar-refractivity contribution in [3.63, 3.8) is 0 Å². The zero-order chi connectivity index (χ0) is 20.8. The molecule has 0 radical (unpaired) electrons. The van der Waals surface area contributed by atoms with Crippen LogP contribution in [-0.4, -0.2) is 49.8 Å². The highest BCUT2D eigenvalue weighted by atomic mass is 19.3. The van der Waals surface area contributed by atoms with Crippen molar-refractivity contribution in [2.45, 2.75) is 38.8 Å². The number of esters is 1. The summed E-state index contributed by atoms with van der Waals surface area (Å²) in [6, 6.07) is 4.63. The Bertz CT molecular complexity index is 779. The molecule has 1 fully saturated rings. The van der Waals surface area contributed by atoms with E-state index in [-0.39, 0.29) is 23.5 Å². The number of nitrogens with one attached hydrogen (secondary N) is 2. The minimum Gasteiger partial charge on any atom is -0.463 e. The highest BCUT2D eigenvalue weighted by molar-refractivity contribution is 5.95. The van der Waals surface area contributed by atoms with E-state index in [0.29, 0.717) is 12.2 Å². The molecule has 1 unspecified atom stereocenters. The average molecular weight is 409 g/mol. The molecule has 0 aromatic heterocycles. The fourth-order valence-electron chi connectivity index (χ4n) is 3.69. The van der Waals surface area contributed by atoms with Gasteiger partial charge in [0.2, 0.25) is 0 Å². The van der Waals surface area contributed by atoms with Gasteiger partial charge in [0, 0.05) is 17.8 Å². The number of halogens is 2. The van der Waals surface area contributed by atoms with Gasteiger partial charge in [0.15, 0.2) is 0 Å². The maximum atomic E-state index is 12.9. The van der Waals surface area contributed by atoms with Crippen LogP contribution in [0.4, 0.5) is 13.6 Å². The number of likely N-dealkylation sites (tertiary alicyclic amines) is 1. The lowest BCUT2D eigenvalue weighted by atomic mass is 9.94. The number of para-hydroxylation sites is 1. The lowest BCUT2D eigenvalue weighted by Gasteiger charge is -2.33. The molecule has 2 N–H and O–H groups in total. The lowest BCUT2D eigenvalue weighted by molar-refractivity contribution is -0.139. The Balaban J connectivity index is 2.02. The molecule has 29 heavy (non-hydrogen) atoms. The van der Waals surface area contributed by atoms with E-state index < -0.39 is 24.7 Å². The standard InChI is InChI=1S/C20H25F2N3O4/c1-2-28-18(26)16-14(12-25-10-6-3-7-11-25)23-20(27)24-17(16)13-8-4-5-9-15(13)29-19(21)22/h4-5,8-9,17,19H,2-3,6-7,10-12H2,1H3,(H2,23,24,27). The highest BCUT2D eigenvalue weighted by Gasteiger charge is 2.36. The normalized spacial score (nSPS) is 20.3. The van der Waals surface area contributed by atoms with Crippen LogP contribution in [0, 0.1) is 0 Å². The number of ether oxygens (including phenoxy) is 2. The summed E-state index contributed by atoms with van der Waals surface area (Å²) >= 11 is 0. The van der Waals surface area contributed by atoms with Crippen LogP contribution in [0.25, 0.3) is 0 Å². The Morgan fingerprint density at radius 3 is 2.66 bits per heavy atom. The van der Waals surface area contributed by atoms with Crippen molar-refractivity contribution >= 4 is 12.0 Å². The number of carbonyl (C=O) groups is 2. The van der Waals surface area contributed by atoms with Crippen LogP contribution in [0.3, 0.4) is 0 Å². The first-order valence-electron chi connectivity index (χ1n) is 9.73. The molecule has 0 aliphatic carbocycles. The molecule has 1 saturated heterocycles. The molecular formula is C20H25F2N3O4. The molecule has 1 aromatic carbocycles. The second-order valence-corrected chi connectivity index (χ2v) is 6.90. The second-order valence-electron chi connectivity index (χ2n) is 6.90. The molecule has 0 spiro atoms. The van der Waals surface area contributed by atoms with Gasteiger partial charge < -0.3 is 20.1 Å². The summed E-state index contributed by atoms with van der Waals surface area (Å²) in [5.41, 5.74) is 0.884. The molecule has 158 valence electrons. The van der Waals surface area contributed by atoms with Crippen LogP contribution in [0.1, 0.15) is 37.8 Å².